The van der Waals surface area contributed by atoms with Crippen LogP contribution in [0.15, 0.2) is 48.5 Å². The number of nitrogens with zero attached hydrogens (tertiary/aromatic N) is 2. The molecule has 0 unspecified atom stereocenters. The Morgan fingerprint density at radius 1 is 0.727 bits per heavy atom. The van der Waals surface area contributed by atoms with Gasteiger partial charge in [0.15, 0.2) is 0 Å². The molecule has 0 atom stereocenters. The molecule has 22 heavy (non-hydrogen) atoms. The zero-order valence-corrected chi connectivity index (χ0v) is 13.3. The molecule has 0 amide bonds. The summed E-state index contributed by atoms with van der Waals surface area (Å²) in [5.74, 6) is -0.974. The smallest absolute Gasteiger partial charge is 0.235 e. The van der Waals surface area contributed by atoms with Gasteiger partial charge in [-0.3, -0.25) is 9.59 Å². The third kappa shape index (κ3) is 3.01. The molecule has 0 fully saturated rings. The fourth-order valence-corrected chi connectivity index (χ4v) is 2.39. The number of carbonyl (C=O) groups excluding carboxylic acids is 2. The molecule has 0 bridgehead atoms. The van der Waals surface area contributed by atoms with Gasteiger partial charge in [0, 0.05) is 33.8 Å². The van der Waals surface area contributed by atoms with Crippen molar-refractivity contribution in [2.24, 2.45) is 0 Å². The van der Waals surface area contributed by atoms with E-state index < -0.39 is 11.6 Å². The van der Waals surface area contributed by atoms with Crippen molar-refractivity contribution in [3.63, 3.8) is 0 Å². The molecule has 0 N–H and O–H groups in total. The highest BCUT2D eigenvalue weighted by atomic mass is 16.2. The van der Waals surface area contributed by atoms with Gasteiger partial charge in [-0.15, -0.1) is 0 Å². The highest BCUT2D eigenvalue weighted by molar-refractivity contribution is 6.50. The zero-order chi connectivity index (χ0) is 16.3. The SMILES string of the molecule is CN(C)c1cccc(C(=O)C(=O)c2ccccc2)c1N(C)C. The number of hydrogen-bond donors (Lipinski definition) is 0. The van der Waals surface area contributed by atoms with E-state index in [1.165, 1.54) is 0 Å². The maximum Gasteiger partial charge on any atom is 0.235 e. The van der Waals surface area contributed by atoms with Gasteiger partial charge in [0.2, 0.25) is 11.6 Å². The van der Waals surface area contributed by atoms with Crippen molar-refractivity contribution in [1.82, 2.24) is 0 Å². The van der Waals surface area contributed by atoms with Gasteiger partial charge in [-0.25, -0.2) is 0 Å². The van der Waals surface area contributed by atoms with Gasteiger partial charge in [-0.2, -0.15) is 0 Å². The fraction of sp³-hybridized carbons (Fsp3) is 0.222. The van der Waals surface area contributed by atoms with Crippen LogP contribution in [-0.2, 0) is 0 Å². The summed E-state index contributed by atoms with van der Waals surface area (Å²) >= 11 is 0. The lowest BCUT2D eigenvalue weighted by Gasteiger charge is -2.24. The van der Waals surface area contributed by atoms with Crippen molar-refractivity contribution < 1.29 is 9.59 Å². The summed E-state index contributed by atoms with van der Waals surface area (Å²) in [6.45, 7) is 0. The normalized spacial score (nSPS) is 10.2. The van der Waals surface area contributed by atoms with E-state index in [1.807, 2.05) is 50.1 Å². The Morgan fingerprint density at radius 3 is 1.91 bits per heavy atom. The van der Waals surface area contributed by atoms with E-state index in [0.717, 1.165) is 11.4 Å². The van der Waals surface area contributed by atoms with Gasteiger partial charge in [-0.05, 0) is 12.1 Å². The van der Waals surface area contributed by atoms with Gasteiger partial charge >= 0.3 is 0 Å². The van der Waals surface area contributed by atoms with E-state index in [2.05, 4.69) is 0 Å². The maximum absolute atomic E-state index is 12.7. The Balaban J connectivity index is 2.50. The predicted octanol–water partition coefficient (Wildman–Crippen LogP) is 2.88. The summed E-state index contributed by atoms with van der Waals surface area (Å²) in [4.78, 5) is 28.9. The van der Waals surface area contributed by atoms with Gasteiger partial charge in [-0.1, -0.05) is 36.4 Å². The van der Waals surface area contributed by atoms with Gasteiger partial charge in [0.25, 0.3) is 0 Å². The minimum atomic E-state index is -0.487. The maximum atomic E-state index is 12.7. The molecule has 0 aliphatic heterocycles. The zero-order valence-electron chi connectivity index (χ0n) is 13.3. The minimum Gasteiger partial charge on any atom is -0.376 e. The van der Waals surface area contributed by atoms with Crippen molar-refractivity contribution >= 4 is 22.9 Å². The topological polar surface area (TPSA) is 40.6 Å². The molecule has 0 aliphatic carbocycles. The number of anilines is 2. The molecule has 2 aromatic carbocycles. The Kier molecular flexibility index (Phi) is 4.61. The summed E-state index contributed by atoms with van der Waals surface area (Å²) in [5, 5.41) is 0. The largest absolute Gasteiger partial charge is 0.376 e. The number of para-hydroxylation sites is 1. The number of ketones is 2. The van der Waals surface area contributed by atoms with Crippen molar-refractivity contribution in [3.8, 4) is 0 Å². The molecule has 0 spiro atoms. The van der Waals surface area contributed by atoms with Crippen LogP contribution in [0.5, 0.6) is 0 Å². The summed E-state index contributed by atoms with van der Waals surface area (Å²) in [5.41, 5.74) is 2.48. The molecule has 0 radical (unpaired) electrons. The lowest BCUT2D eigenvalue weighted by Crippen LogP contribution is -2.22. The molecule has 4 heteroatoms. The first kappa shape index (κ1) is 15.8. The monoisotopic (exact) mass is 296 g/mol. The van der Waals surface area contributed by atoms with E-state index in [0.29, 0.717) is 11.1 Å². The quantitative estimate of drug-likeness (QED) is 0.628. The van der Waals surface area contributed by atoms with Crippen LogP contribution in [0.25, 0.3) is 0 Å². The van der Waals surface area contributed by atoms with E-state index in [-0.39, 0.29) is 0 Å². The predicted molar refractivity (Wildman–Crippen MR) is 90.2 cm³/mol. The van der Waals surface area contributed by atoms with Crippen molar-refractivity contribution in [2.45, 2.75) is 0 Å². The summed E-state index contributed by atoms with van der Waals surface area (Å²) in [6.07, 6.45) is 0. The number of hydrogen-bond acceptors (Lipinski definition) is 4. The van der Waals surface area contributed by atoms with Crippen LogP contribution in [0, 0.1) is 0 Å². The standard InChI is InChI=1S/C18H20N2O2/c1-19(2)15-12-8-11-14(16(15)20(3)4)18(22)17(21)13-9-6-5-7-10-13/h5-12H,1-4H3. The number of benzene rings is 2. The molecular weight excluding hydrogens is 276 g/mol. The number of Topliss-reactive ketones (excluding diaryl/α,β-unsaturated/α-hetero) is 2. The van der Waals surface area contributed by atoms with Crippen LogP contribution < -0.4 is 9.80 Å². The fourth-order valence-electron chi connectivity index (χ4n) is 2.39. The van der Waals surface area contributed by atoms with Crippen LogP contribution in [-0.4, -0.2) is 39.8 Å². The van der Waals surface area contributed by atoms with Gasteiger partial charge in [0.05, 0.1) is 16.9 Å². The Labute approximate surface area is 131 Å². The van der Waals surface area contributed by atoms with Crippen molar-refractivity contribution in [3.05, 3.63) is 59.7 Å². The summed E-state index contributed by atoms with van der Waals surface area (Å²) in [6, 6.07) is 14.1. The molecule has 114 valence electrons. The molecule has 0 aromatic heterocycles. The highest BCUT2D eigenvalue weighted by Crippen LogP contribution is 2.31. The highest BCUT2D eigenvalue weighted by Gasteiger charge is 2.23. The van der Waals surface area contributed by atoms with Gasteiger partial charge in [0.1, 0.15) is 0 Å². The van der Waals surface area contributed by atoms with Crippen LogP contribution in [0.1, 0.15) is 20.7 Å². The Morgan fingerprint density at radius 2 is 1.36 bits per heavy atom. The van der Waals surface area contributed by atoms with E-state index in [9.17, 15) is 9.59 Å². The molecular formula is C18H20N2O2. The number of rotatable bonds is 5. The molecule has 4 nitrogen and oxygen atoms in total. The third-order valence-corrected chi connectivity index (χ3v) is 3.43. The van der Waals surface area contributed by atoms with Crippen LogP contribution >= 0.6 is 0 Å². The second kappa shape index (κ2) is 6.43. The third-order valence-electron chi connectivity index (χ3n) is 3.43. The second-order valence-electron chi connectivity index (χ2n) is 5.49. The molecule has 2 rings (SSSR count). The average Bonchev–Trinajstić information content (AvgIpc) is 2.53. The lowest BCUT2D eigenvalue weighted by molar-refractivity contribution is 0.0817. The lowest BCUT2D eigenvalue weighted by atomic mass is 9.98. The molecule has 0 saturated carbocycles. The van der Waals surface area contributed by atoms with Crippen LogP contribution in [0.4, 0.5) is 11.4 Å². The van der Waals surface area contributed by atoms with Crippen molar-refractivity contribution in [2.75, 3.05) is 38.0 Å². The first-order valence-electron chi connectivity index (χ1n) is 7.05. The minimum absolute atomic E-state index is 0.410. The first-order chi connectivity index (χ1) is 10.4. The summed E-state index contributed by atoms with van der Waals surface area (Å²) in [7, 11) is 7.56. The van der Waals surface area contributed by atoms with E-state index in [1.54, 1.807) is 36.4 Å². The molecule has 2 aromatic rings. The van der Waals surface area contributed by atoms with Crippen molar-refractivity contribution in [1.29, 1.82) is 0 Å². The Hall–Kier alpha value is -2.62. The Bertz CT molecular complexity index is 691. The van der Waals surface area contributed by atoms with Crippen LogP contribution in [0.2, 0.25) is 0 Å². The summed E-state index contributed by atoms with van der Waals surface area (Å²) < 4.78 is 0. The molecule has 0 saturated heterocycles. The van der Waals surface area contributed by atoms with Gasteiger partial charge < -0.3 is 9.80 Å². The average molecular weight is 296 g/mol. The molecule has 0 heterocycles. The number of carbonyl (C=O) groups is 2. The first-order valence-corrected chi connectivity index (χ1v) is 7.05. The van der Waals surface area contributed by atoms with E-state index >= 15 is 0 Å². The van der Waals surface area contributed by atoms with E-state index in [4.69, 9.17) is 0 Å². The van der Waals surface area contributed by atoms with Crippen LogP contribution in [0.3, 0.4) is 0 Å². The molecule has 0 aliphatic rings. The second-order valence-corrected chi connectivity index (χ2v) is 5.49.